The number of hydrazone groups is 1. The maximum atomic E-state index is 12.0. The molecule has 2 aromatic heterocycles. The van der Waals surface area contributed by atoms with E-state index < -0.39 is 0 Å². The number of aromatic amines is 1. The summed E-state index contributed by atoms with van der Waals surface area (Å²) in [4.78, 5) is 13.1. The summed E-state index contributed by atoms with van der Waals surface area (Å²) in [7, 11) is 0. The Hall–Kier alpha value is -2.73. The third kappa shape index (κ3) is 3.60. The number of aromatic nitrogens is 2. The van der Waals surface area contributed by atoms with Crippen molar-refractivity contribution in [2.75, 3.05) is 0 Å². The maximum absolute atomic E-state index is 12.0. The van der Waals surface area contributed by atoms with Crippen LogP contribution in [0.5, 0.6) is 0 Å². The van der Waals surface area contributed by atoms with E-state index in [9.17, 15) is 4.79 Å². The van der Waals surface area contributed by atoms with Crippen molar-refractivity contribution < 1.29 is 4.79 Å². The van der Waals surface area contributed by atoms with Crippen LogP contribution in [-0.2, 0) is 6.42 Å². The summed E-state index contributed by atoms with van der Waals surface area (Å²) in [5, 5.41) is 12.9. The van der Waals surface area contributed by atoms with E-state index in [2.05, 4.69) is 51.9 Å². The molecule has 0 bridgehead atoms. The second-order valence-electron chi connectivity index (χ2n) is 5.40. The highest BCUT2D eigenvalue weighted by molar-refractivity contribution is 7.10. The van der Waals surface area contributed by atoms with Gasteiger partial charge in [-0.3, -0.25) is 9.89 Å². The lowest BCUT2D eigenvalue weighted by atomic mass is 10.1. The van der Waals surface area contributed by atoms with Crippen molar-refractivity contribution in [2.24, 2.45) is 5.10 Å². The highest BCUT2D eigenvalue weighted by Crippen LogP contribution is 2.20. The van der Waals surface area contributed by atoms with E-state index in [4.69, 9.17) is 0 Å². The molecule has 5 nitrogen and oxygen atoms in total. The Morgan fingerprint density at radius 3 is 2.83 bits per heavy atom. The van der Waals surface area contributed by atoms with E-state index in [-0.39, 0.29) is 5.91 Å². The lowest BCUT2D eigenvalue weighted by Gasteiger charge is -2.02. The van der Waals surface area contributed by atoms with Crippen LogP contribution >= 0.6 is 11.3 Å². The van der Waals surface area contributed by atoms with Gasteiger partial charge in [-0.2, -0.15) is 10.2 Å². The molecule has 0 aliphatic heterocycles. The van der Waals surface area contributed by atoms with Gasteiger partial charge in [0, 0.05) is 21.4 Å². The van der Waals surface area contributed by atoms with Crippen LogP contribution in [-0.4, -0.2) is 22.3 Å². The summed E-state index contributed by atoms with van der Waals surface area (Å²) < 4.78 is 0. The summed E-state index contributed by atoms with van der Waals surface area (Å²) in [5.41, 5.74) is 7.18. The molecule has 0 atom stereocenters. The second-order valence-corrected chi connectivity index (χ2v) is 6.51. The molecule has 122 valence electrons. The molecule has 3 rings (SSSR count). The lowest BCUT2D eigenvalue weighted by Crippen LogP contribution is -2.16. The Morgan fingerprint density at radius 1 is 1.38 bits per heavy atom. The average molecular weight is 338 g/mol. The normalized spacial score (nSPS) is 11.1. The third-order valence-corrected chi connectivity index (χ3v) is 4.54. The summed E-state index contributed by atoms with van der Waals surface area (Å²) in [6.45, 7) is 4.09. The second kappa shape index (κ2) is 7.23. The van der Waals surface area contributed by atoms with Crippen LogP contribution in [0.25, 0.3) is 11.3 Å². The van der Waals surface area contributed by atoms with Gasteiger partial charge in [0.1, 0.15) is 0 Å². The van der Waals surface area contributed by atoms with Gasteiger partial charge in [0.2, 0.25) is 0 Å². The first-order valence-electron chi connectivity index (χ1n) is 7.68. The van der Waals surface area contributed by atoms with Crippen molar-refractivity contribution in [3.63, 3.8) is 0 Å². The SMILES string of the molecule is CCc1ccc(-c2[nH]ncc2/C=N/NC(=O)c2csc(C)c2)cc1. The molecule has 0 spiro atoms. The van der Waals surface area contributed by atoms with Crippen LogP contribution < -0.4 is 5.43 Å². The van der Waals surface area contributed by atoms with E-state index in [1.807, 2.05) is 18.4 Å². The number of carbonyl (C=O) groups excluding carboxylic acids is 1. The standard InChI is InChI=1S/C18H18N4OS/c1-3-13-4-6-14(7-5-13)17-16(9-19-21-17)10-20-22-18(23)15-8-12(2)24-11-15/h4-11H,3H2,1-2H3,(H,19,21)(H,22,23)/b20-10+. The smallest absolute Gasteiger partial charge is 0.272 e. The van der Waals surface area contributed by atoms with Crippen molar-refractivity contribution in [3.05, 3.63) is 63.5 Å². The molecule has 2 N–H and O–H groups in total. The summed E-state index contributed by atoms with van der Waals surface area (Å²) in [6.07, 6.45) is 4.29. The fourth-order valence-corrected chi connectivity index (χ4v) is 3.00. The minimum absolute atomic E-state index is 0.215. The van der Waals surface area contributed by atoms with Gasteiger partial charge in [0.05, 0.1) is 23.7 Å². The minimum atomic E-state index is -0.215. The fourth-order valence-electron chi connectivity index (χ4n) is 2.32. The van der Waals surface area contributed by atoms with Crippen LogP contribution in [0.15, 0.2) is 47.0 Å². The number of aryl methyl sites for hydroxylation is 2. The zero-order valence-corrected chi connectivity index (χ0v) is 14.4. The number of hydrogen-bond donors (Lipinski definition) is 2. The molecular weight excluding hydrogens is 320 g/mol. The monoisotopic (exact) mass is 338 g/mol. The number of thiophene rings is 1. The van der Waals surface area contributed by atoms with E-state index in [0.717, 1.165) is 28.1 Å². The van der Waals surface area contributed by atoms with Crippen molar-refractivity contribution >= 4 is 23.5 Å². The number of carbonyl (C=O) groups is 1. The van der Waals surface area contributed by atoms with Crippen LogP contribution in [0.1, 0.15) is 33.3 Å². The molecule has 0 aliphatic carbocycles. The van der Waals surface area contributed by atoms with E-state index in [1.54, 1.807) is 12.4 Å². The lowest BCUT2D eigenvalue weighted by molar-refractivity contribution is 0.0955. The number of nitrogens with one attached hydrogen (secondary N) is 2. The zero-order valence-electron chi connectivity index (χ0n) is 13.5. The highest BCUT2D eigenvalue weighted by Gasteiger charge is 2.08. The molecule has 0 aliphatic rings. The van der Waals surface area contributed by atoms with Gasteiger partial charge in [0.25, 0.3) is 5.91 Å². The number of rotatable bonds is 5. The first-order valence-corrected chi connectivity index (χ1v) is 8.56. The molecule has 2 heterocycles. The van der Waals surface area contributed by atoms with Gasteiger partial charge in [-0.15, -0.1) is 11.3 Å². The van der Waals surface area contributed by atoms with Crippen LogP contribution in [0.3, 0.4) is 0 Å². The zero-order chi connectivity index (χ0) is 16.9. The first kappa shape index (κ1) is 16.1. The average Bonchev–Trinajstić information content (AvgIpc) is 3.24. The Kier molecular flexibility index (Phi) is 4.86. The van der Waals surface area contributed by atoms with Crippen molar-refractivity contribution in [1.29, 1.82) is 0 Å². The summed E-state index contributed by atoms with van der Waals surface area (Å²) in [5.74, 6) is -0.215. The van der Waals surface area contributed by atoms with Gasteiger partial charge in [-0.05, 0) is 25.0 Å². The molecule has 6 heteroatoms. The van der Waals surface area contributed by atoms with Gasteiger partial charge in [-0.1, -0.05) is 31.2 Å². The molecule has 1 aromatic carbocycles. The Morgan fingerprint density at radius 2 is 2.17 bits per heavy atom. The maximum Gasteiger partial charge on any atom is 0.272 e. The van der Waals surface area contributed by atoms with E-state index >= 15 is 0 Å². The Bertz CT molecular complexity index is 861. The van der Waals surface area contributed by atoms with Crippen LogP contribution in [0.2, 0.25) is 0 Å². The highest BCUT2D eigenvalue weighted by atomic mass is 32.1. The van der Waals surface area contributed by atoms with Crippen molar-refractivity contribution in [1.82, 2.24) is 15.6 Å². The van der Waals surface area contributed by atoms with Gasteiger partial charge in [-0.25, -0.2) is 5.43 Å². The molecule has 24 heavy (non-hydrogen) atoms. The topological polar surface area (TPSA) is 70.1 Å². The van der Waals surface area contributed by atoms with Crippen LogP contribution in [0, 0.1) is 6.92 Å². The number of H-pyrrole nitrogens is 1. The molecule has 0 saturated carbocycles. The number of hydrogen-bond acceptors (Lipinski definition) is 4. The van der Waals surface area contributed by atoms with Crippen LogP contribution in [0.4, 0.5) is 0 Å². The fraction of sp³-hybridized carbons (Fsp3) is 0.167. The Labute approximate surface area is 144 Å². The summed E-state index contributed by atoms with van der Waals surface area (Å²) >= 11 is 1.54. The molecule has 0 unspecified atom stereocenters. The molecule has 1 amide bonds. The largest absolute Gasteiger partial charge is 0.277 e. The molecule has 0 fully saturated rings. The van der Waals surface area contributed by atoms with E-state index in [1.165, 1.54) is 16.9 Å². The van der Waals surface area contributed by atoms with Gasteiger partial charge in [0.15, 0.2) is 0 Å². The minimum Gasteiger partial charge on any atom is -0.277 e. The van der Waals surface area contributed by atoms with Crippen molar-refractivity contribution in [2.45, 2.75) is 20.3 Å². The molecule has 0 radical (unpaired) electrons. The predicted octanol–water partition coefficient (Wildman–Crippen LogP) is 3.77. The predicted molar refractivity (Wildman–Crippen MR) is 97.5 cm³/mol. The van der Waals surface area contributed by atoms with E-state index in [0.29, 0.717) is 5.56 Å². The molecule has 3 aromatic rings. The first-order chi connectivity index (χ1) is 11.7. The molecular formula is C18H18N4OS. The quantitative estimate of drug-likeness (QED) is 0.549. The molecule has 0 saturated heterocycles. The number of amides is 1. The number of benzene rings is 1. The third-order valence-electron chi connectivity index (χ3n) is 3.68. The van der Waals surface area contributed by atoms with Crippen molar-refractivity contribution in [3.8, 4) is 11.3 Å². The Balaban J connectivity index is 1.71. The number of nitrogens with zero attached hydrogens (tertiary/aromatic N) is 2. The van der Waals surface area contributed by atoms with Gasteiger partial charge < -0.3 is 0 Å². The summed E-state index contributed by atoms with van der Waals surface area (Å²) in [6, 6.07) is 10.1. The van der Waals surface area contributed by atoms with Gasteiger partial charge >= 0.3 is 0 Å².